The van der Waals surface area contributed by atoms with Crippen molar-refractivity contribution in [3.63, 3.8) is 0 Å². The number of hydrogen-bond donors (Lipinski definition) is 1. The van der Waals surface area contributed by atoms with E-state index in [-0.39, 0.29) is 5.82 Å². The second kappa shape index (κ2) is 4.92. The zero-order valence-electron chi connectivity index (χ0n) is 10.9. The lowest BCUT2D eigenvalue weighted by molar-refractivity contribution is 0.289. The van der Waals surface area contributed by atoms with Gasteiger partial charge in [0.25, 0.3) is 0 Å². The van der Waals surface area contributed by atoms with Crippen molar-refractivity contribution in [3.05, 3.63) is 21.5 Å². The summed E-state index contributed by atoms with van der Waals surface area (Å²) in [5.74, 6) is 1.01. The number of nitrogen functional groups attached to an aromatic ring is 1. The zero-order valence-corrected chi connectivity index (χ0v) is 13.0. The highest BCUT2D eigenvalue weighted by molar-refractivity contribution is 14.1. The van der Waals surface area contributed by atoms with Gasteiger partial charge >= 0.3 is 0 Å². The van der Waals surface area contributed by atoms with Crippen LogP contribution in [0.2, 0.25) is 0 Å². The molecule has 2 unspecified atom stereocenters. The first-order chi connectivity index (χ1) is 9.06. The molecule has 0 saturated heterocycles. The van der Waals surface area contributed by atoms with Crippen molar-refractivity contribution < 1.29 is 4.39 Å². The number of anilines is 1. The summed E-state index contributed by atoms with van der Waals surface area (Å²) in [4.78, 5) is 4.38. The molecular weight excluding hydrogens is 356 g/mol. The largest absolute Gasteiger partial charge is 0.369 e. The Morgan fingerprint density at radius 3 is 2.95 bits per heavy atom. The van der Waals surface area contributed by atoms with Crippen molar-refractivity contribution >= 4 is 39.6 Å². The van der Waals surface area contributed by atoms with E-state index in [9.17, 15) is 4.39 Å². The van der Waals surface area contributed by atoms with Gasteiger partial charge in [-0.1, -0.05) is 19.8 Å². The van der Waals surface area contributed by atoms with E-state index in [0.717, 1.165) is 23.9 Å². The summed E-state index contributed by atoms with van der Waals surface area (Å²) >= 11 is 1.99. The Labute approximate surface area is 125 Å². The summed E-state index contributed by atoms with van der Waals surface area (Å²) in [6.07, 6.45) is 4.68. The second-order valence-electron chi connectivity index (χ2n) is 5.52. The number of halogens is 2. The predicted molar refractivity (Wildman–Crippen MR) is 83.5 cm³/mol. The van der Waals surface area contributed by atoms with Crippen LogP contribution in [0.25, 0.3) is 11.0 Å². The van der Waals surface area contributed by atoms with Crippen molar-refractivity contribution in [2.45, 2.75) is 38.6 Å². The molecule has 1 fully saturated rings. The SMILES string of the molecule is CC1CCCC(n2c(N)nc3cc(I)c(F)cc32)C1. The lowest BCUT2D eigenvalue weighted by Gasteiger charge is -2.28. The van der Waals surface area contributed by atoms with Gasteiger partial charge in [0.1, 0.15) is 5.82 Å². The second-order valence-corrected chi connectivity index (χ2v) is 6.68. The van der Waals surface area contributed by atoms with Gasteiger partial charge in [-0.15, -0.1) is 0 Å². The van der Waals surface area contributed by atoms with Crippen molar-refractivity contribution in [1.29, 1.82) is 0 Å². The molecule has 0 radical (unpaired) electrons. The lowest BCUT2D eigenvalue weighted by Crippen LogP contribution is -2.19. The fourth-order valence-corrected chi connectivity index (χ4v) is 3.58. The molecule has 19 heavy (non-hydrogen) atoms. The standard InChI is InChI=1S/C14H17FIN3/c1-8-3-2-4-9(5-8)19-13-6-10(15)11(16)7-12(13)18-14(19)17/h6-9H,2-5H2,1H3,(H2,17,18). The van der Waals surface area contributed by atoms with Crippen LogP contribution in [0.5, 0.6) is 0 Å². The van der Waals surface area contributed by atoms with E-state index in [1.54, 1.807) is 12.1 Å². The number of benzene rings is 1. The molecule has 102 valence electrons. The number of hydrogen-bond acceptors (Lipinski definition) is 2. The summed E-state index contributed by atoms with van der Waals surface area (Å²) in [7, 11) is 0. The van der Waals surface area contributed by atoms with Crippen LogP contribution in [-0.2, 0) is 0 Å². The zero-order chi connectivity index (χ0) is 13.6. The number of nitrogens with two attached hydrogens (primary N) is 1. The molecule has 2 N–H and O–H groups in total. The van der Waals surface area contributed by atoms with E-state index < -0.39 is 0 Å². The van der Waals surface area contributed by atoms with E-state index >= 15 is 0 Å². The number of nitrogens with zero attached hydrogens (tertiary/aromatic N) is 2. The van der Waals surface area contributed by atoms with Gasteiger partial charge in [0, 0.05) is 12.1 Å². The highest BCUT2D eigenvalue weighted by Gasteiger charge is 2.24. The van der Waals surface area contributed by atoms with Gasteiger partial charge in [-0.25, -0.2) is 9.37 Å². The summed E-state index contributed by atoms with van der Waals surface area (Å²) in [5.41, 5.74) is 7.68. The fourth-order valence-electron chi connectivity index (χ4n) is 3.13. The molecule has 0 amide bonds. The molecule has 2 aromatic rings. The van der Waals surface area contributed by atoms with Gasteiger partial charge in [0.05, 0.1) is 14.6 Å². The van der Waals surface area contributed by atoms with Crippen LogP contribution < -0.4 is 5.73 Å². The normalized spacial score (nSPS) is 23.9. The molecule has 2 atom stereocenters. The van der Waals surface area contributed by atoms with E-state index in [0.29, 0.717) is 21.5 Å². The molecule has 3 nitrogen and oxygen atoms in total. The van der Waals surface area contributed by atoms with Crippen molar-refractivity contribution in [2.24, 2.45) is 5.92 Å². The number of aromatic nitrogens is 2. The lowest BCUT2D eigenvalue weighted by atomic mass is 9.87. The summed E-state index contributed by atoms with van der Waals surface area (Å²) < 4.78 is 16.4. The summed E-state index contributed by atoms with van der Waals surface area (Å²) in [6, 6.07) is 3.69. The average Bonchev–Trinajstić information content (AvgIpc) is 2.65. The van der Waals surface area contributed by atoms with Crippen LogP contribution in [0.3, 0.4) is 0 Å². The van der Waals surface area contributed by atoms with E-state index in [4.69, 9.17) is 5.73 Å². The molecular formula is C14H17FIN3. The molecule has 1 heterocycles. The van der Waals surface area contributed by atoms with Gasteiger partial charge < -0.3 is 10.3 Å². The molecule has 1 aromatic heterocycles. The minimum Gasteiger partial charge on any atom is -0.369 e. The van der Waals surface area contributed by atoms with Crippen LogP contribution in [0.1, 0.15) is 38.6 Å². The predicted octanol–water partition coefficient (Wildman–Crippen LogP) is 4.11. The van der Waals surface area contributed by atoms with Gasteiger partial charge in [-0.05, 0) is 47.4 Å². The van der Waals surface area contributed by atoms with Gasteiger partial charge in [-0.2, -0.15) is 0 Å². The molecule has 1 aliphatic rings. The minimum atomic E-state index is -0.196. The van der Waals surface area contributed by atoms with Gasteiger partial charge in [-0.3, -0.25) is 0 Å². The monoisotopic (exact) mass is 373 g/mol. The molecule has 1 aliphatic carbocycles. The maximum atomic E-state index is 13.8. The van der Waals surface area contributed by atoms with Gasteiger partial charge in [0.15, 0.2) is 0 Å². The minimum absolute atomic E-state index is 0.196. The first-order valence-electron chi connectivity index (χ1n) is 6.68. The van der Waals surface area contributed by atoms with E-state index in [1.165, 1.54) is 12.8 Å². The van der Waals surface area contributed by atoms with Crippen molar-refractivity contribution in [1.82, 2.24) is 9.55 Å². The Bertz CT molecular complexity index is 623. The highest BCUT2D eigenvalue weighted by Crippen LogP contribution is 2.36. The third kappa shape index (κ3) is 2.32. The van der Waals surface area contributed by atoms with Crippen LogP contribution >= 0.6 is 22.6 Å². The molecule has 0 aliphatic heterocycles. The van der Waals surface area contributed by atoms with Crippen LogP contribution in [0.15, 0.2) is 12.1 Å². The Balaban J connectivity index is 2.12. The molecule has 3 rings (SSSR count). The molecule has 0 bridgehead atoms. The molecule has 5 heteroatoms. The Hall–Kier alpha value is -0.850. The number of imidazole rings is 1. The molecule has 1 saturated carbocycles. The first kappa shape index (κ1) is 13.1. The third-order valence-corrected chi connectivity index (χ3v) is 4.86. The Morgan fingerprint density at radius 1 is 1.42 bits per heavy atom. The Morgan fingerprint density at radius 2 is 2.21 bits per heavy atom. The van der Waals surface area contributed by atoms with Crippen molar-refractivity contribution in [2.75, 3.05) is 5.73 Å². The maximum absolute atomic E-state index is 13.8. The summed E-state index contributed by atoms with van der Waals surface area (Å²) in [5, 5.41) is 0. The smallest absolute Gasteiger partial charge is 0.201 e. The van der Waals surface area contributed by atoms with Crippen molar-refractivity contribution in [3.8, 4) is 0 Å². The summed E-state index contributed by atoms with van der Waals surface area (Å²) in [6.45, 7) is 2.27. The van der Waals surface area contributed by atoms with Gasteiger partial charge in [0.2, 0.25) is 5.95 Å². The highest BCUT2D eigenvalue weighted by atomic mass is 127. The average molecular weight is 373 g/mol. The number of rotatable bonds is 1. The topological polar surface area (TPSA) is 43.8 Å². The van der Waals surface area contributed by atoms with Crippen LogP contribution in [0.4, 0.5) is 10.3 Å². The molecule has 0 spiro atoms. The quantitative estimate of drug-likeness (QED) is 0.765. The van der Waals surface area contributed by atoms with E-state index in [2.05, 4.69) is 11.9 Å². The van der Waals surface area contributed by atoms with Crippen LogP contribution in [-0.4, -0.2) is 9.55 Å². The van der Waals surface area contributed by atoms with Crippen LogP contribution in [0, 0.1) is 15.3 Å². The Kier molecular flexibility index (Phi) is 3.41. The van der Waals surface area contributed by atoms with E-state index in [1.807, 2.05) is 27.2 Å². The maximum Gasteiger partial charge on any atom is 0.201 e. The number of fused-ring (bicyclic) bond motifs is 1. The molecule has 1 aromatic carbocycles. The third-order valence-electron chi connectivity index (χ3n) is 4.03. The fraction of sp³-hybridized carbons (Fsp3) is 0.500. The first-order valence-corrected chi connectivity index (χ1v) is 7.76.